The van der Waals surface area contributed by atoms with Crippen molar-refractivity contribution in [2.75, 3.05) is 4.90 Å². The lowest BCUT2D eigenvalue weighted by Gasteiger charge is -2.38. The molecule has 0 aliphatic carbocycles. The molecule has 4 heteroatoms. The van der Waals surface area contributed by atoms with E-state index in [1.165, 1.54) is 63.0 Å². The summed E-state index contributed by atoms with van der Waals surface area (Å²) in [6.07, 6.45) is 0. The van der Waals surface area contributed by atoms with E-state index in [-0.39, 0.29) is 5.41 Å². The second-order valence-corrected chi connectivity index (χ2v) is 14.6. The number of rotatable bonds is 4. The molecule has 0 spiro atoms. The van der Waals surface area contributed by atoms with Crippen molar-refractivity contribution in [3.8, 4) is 11.1 Å². The molecular weight excluding hydrogens is 579 g/mol. The highest BCUT2D eigenvalue weighted by Gasteiger charge is 2.36. The fourth-order valence-corrected chi connectivity index (χ4v) is 10.0. The number of hydrogen-bond acceptors (Lipinski definition) is 4. The molecule has 43 heavy (non-hydrogen) atoms. The van der Waals surface area contributed by atoms with Crippen molar-refractivity contribution in [1.29, 1.82) is 0 Å². The van der Waals surface area contributed by atoms with E-state index in [4.69, 9.17) is 0 Å². The van der Waals surface area contributed by atoms with E-state index in [2.05, 4.69) is 158 Å². The van der Waals surface area contributed by atoms with Crippen LogP contribution >= 0.6 is 35.3 Å². The fourth-order valence-electron chi connectivity index (χ4n) is 6.18. The predicted molar refractivity (Wildman–Crippen MR) is 184 cm³/mol. The van der Waals surface area contributed by atoms with Crippen LogP contribution < -0.4 is 4.90 Å². The van der Waals surface area contributed by atoms with Crippen LogP contribution in [0.25, 0.3) is 11.1 Å². The molecule has 0 N–H and O–H groups in total. The standard InChI is InChI=1S/C39H29NS3/c1-39(2)29-14-6-7-18-33(29)42-37-30(39)15-10-16-31(37)40(28-24-22-27(23-25-28)26-12-4-3-5-13-26)32-17-11-21-36-38(32)43-35-20-9-8-19-34(35)41-36/h3-25H,1-2H3. The first-order valence-corrected chi connectivity index (χ1v) is 17.0. The minimum atomic E-state index is -0.102. The van der Waals surface area contributed by atoms with Crippen molar-refractivity contribution < 1.29 is 0 Å². The summed E-state index contributed by atoms with van der Waals surface area (Å²) in [6, 6.07) is 51.0. The topological polar surface area (TPSA) is 3.24 Å². The number of hydrogen-bond donors (Lipinski definition) is 0. The van der Waals surface area contributed by atoms with E-state index in [9.17, 15) is 0 Å². The van der Waals surface area contributed by atoms with Gasteiger partial charge < -0.3 is 4.90 Å². The lowest BCUT2D eigenvalue weighted by Crippen LogP contribution is -2.25. The van der Waals surface area contributed by atoms with Crippen LogP contribution in [0.15, 0.2) is 169 Å². The first-order chi connectivity index (χ1) is 21.1. The largest absolute Gasteiger partial charge is 0.308 e. The highest BCUT2D eigenvalue weighted by Crippen LogP contribution is 2.57. The van der Waals surface area contributed by atoms with Gasteiger partial charge in [0.1, 0.15) is 0 Å². The monoisotopic (exact) mass is 607 g/mol. The SMILES string of the molecule is CC1(C)c2ccccc2Sc2c(N(c3ccc(-c4ccccc4)cc3)c3cccc4c3Sc3ccccc3S4)cccc21. The van der Waals surface area contributed by atoms with Crippen LogP contribution in [0.1, 0.15) is 25.0 Å². The lowest BCUT2D eigenvalue weighted by atomic mass is 9.77. The molecule has 0 amide bonds. The molecule has 0 saturated heterocycles. The molecule has 0 atom stereocenters. The molecule has 0 saturated carbocycles. The number of fused-ring (bicyclic) bond motifs is 4. The molecule has 2 aliphatic rings. The summed E-state index contributed by atoms with van der Waals surface area (Å²) in [6.45, 7) is 4.72. The van der Waals surface area contributed by atoms with E-state index in [0.717, 1.165) is 5.69 Å². The van der Waals surface area contributed by atoms with Crippen LogP contribution in [0.5, 0.6) is 0 Å². The number of nitrogens with zero attached hydrogens (tertiary/aromatic N) is 1. The average molecular weight is 608 g/mol. The Labute approximate surface area is 266 Å². The third-order valence-electron chi connectivity index (χ3n) is 8.39. The zero-order valence-corrected chi connectivity index (χ0v) is 26.4. The van der Waals surface area contributed by atoms with E-state index >= 15 is 0 Å². The molecule has 0 aromatic heterocycles. The number of anilines is 3. The highest BCUT2D eigenvalue weighted by molar-refractivity contribution is 8.05. The minimum absolute atomic E-state index is 0.102. The Hall–Kier alpha value is -3.83. The Morgan fingerprint density at radius 2 is 0.953 bits per heavy atom. The molecule has 6 aromatic carbocycles. The van der Waals surface area contributed by atoms with Gasteiger partial charge in [0.05, 0.1) is 16.3 Å². The Morgan fingerprint density at radius 3 is 1.72 bits per heavy atom. The van der Waals surface area contributed by atoms with Gasteiger partial charge in [0.25, 0.3) is 0 Å². The molecule has 6 aromatic rings. The van der Waals surface area contributed by atoms with E-state index < -0.39 is 0 Å². The smallest absolute Gasteiger partial charge is 0.0613 e. The summed E-state index contributed by atoms with van der Waals surface area (Å²) in [7, 11) is 0. The third-order valence-corrected chi connectivity index (χ3v) is 12.2. The lowest BCUT2D eigenvalue weighted by molar-refractivity contribution is 0.607. The zero-order chi connectivity index (χ0) is 29.0. The Kier molecular flexibility index (Phi) is 6.67. The van der Waals surface area contributed by atoms with Gasteiger partial charge >= 0.3 is 0 Å². The molecule has 2 aliphatic heterocycles. The molecule has 0 radical (unpaired) electrons. The summed E-state index contributed by atoms with van der Waals surface area (Å²) in [4.78, 5) is 10.4. The maximum absolute atomic E-state index is 2.49. The van der Waals surface area contributed by atoms with E-state index in [1.807, 2.05) is 35.3 Å². The first kappa shape index (κ1) is 26.8. The van der Waals surface area contributed by atoms with Crippen LogP contribution in [-0.2, 0) is 5.41 Å². The Morgan fingerprint density at radius 1 is 0.419 bits per heavy atom. The Balaban J connectivity index is 1.33. The normalized spacial score (nSPS) is 14.2. The average Bonchev–Trinajstić information content (AvgIpc) is 3.05. The van der Waals surface area contributed by atoms with Gasteiger partial charge in [0.15, 0.2) is 0 Å². The Bertz CT molecular complexity index is 1980. The second-order valence-electron chi connectivity index (χ2n) is 11.4. The summed E-state index contributed by atoms with van der Waals surface area (Å²) < 4.78 is 0. The van der Waals surface area contributed by atoms with Gasteiger partial charge in [-0.2, -0.15) is 0 Å². The van der Waals surface area contributed by atoms with Crippen LogP contribution in [0, 0.1) is 0 Å². The van der Waals surface area contributed by atoms with Crippen LogP contribution in [-0.4, -0.2) is 0 Å². The maximum atomic E-state index is 2.49. The van der Waals surface area contributed by atoms with Crippen molar-refractivity contribution in [1.82, 2.24) is 0 Å². The molecule has 0 bridgehead atoms. The van der Waals surface area contributed by atoms with Crippen LogP contribution in [0.3, 0.4) is 0 Å². The van der Waals surface area contributed by atoms with Crippen LogP contribution in [0.2, 0.25) is 0 Å². The summed E-state index contributed by atoms with van der Waals surface area (Å²) >= 11 is 5.66. The molecule has 208 valence electrons. The van der Waals surface area contributed by atoms with Crippen molar-refractivity contribution in [3.05, 3.63) is 151 Å². The molecule has 0 unspecified atom stereocenters. The fraction of sp³-hybridized carbons (Fsp3) is 0.0769. The van der Waals surface area contributed by atoms with Crippen molar-refractivity contribution in [3.63, 3.8) is 0 Å². The van der Waals surface area contributed by atoms with Gasteiger partial charge in [0.2, 0.25) is 0 Å². The van der Waals surface area contributed by atoms with Gasteiger partial charge in [-0.3, -0.25) is 0 Å². The zero-order valence-electron chi connectivity index (χ0n) is 24.0. The highest BCUT2D eigenvalue weighted by atomic mass is 32.2. The van der Waals surface area contributed by atoms with E-state index in [0.29, 0.717) is 0 Å². The first-order valence-electron chi connectivity index (χ1n) is 14.5. The second kappa shape index (κ2) is 10.7. The van der Waals surface area contributed by atoms with Gasteiger partial charge in [-0.15, -0.1) is 0 Å². The van der Waals surface area contributed by atoms with Crippen LogP contribution in [0.4, 0.5) is 17.1 Å². The third kappa shape index (κ3) is 4.60. The van der Waals surface area contributed by atoms with Gasteiger partial charge in [-0.1, -0.05) is 140 Å². The van der Waals surface area contributed by atoms with Gasteiger partial charge in [-0.05, 0) is 70.8 Å². The molecule has 2 heterocycles. The maximum Gasteiger partial charge on any atom is 0.0613 e. The number of benzene rings is 6. The predicted octanol–water partition coefficient (Wildman–Crippen LogP) is 12.2. The van der Waals surface area contributed by atoms with Gasteiger partial charge in [-0.25, -0.2) is 0 Å². The summed E-state index contributed by atoms with van der Waals surface area (Å²) in [5.74, 6) is 0. The molecule has 8 rings (SSSR count). The summed E-state index contributed by atoms with van der Waals surface area (Å²) in [5, 5.41) is 0. The summed E-state index contributed by atoms with van der Waals surface area (Å²) in [5.41, 5.74) is 8.70. The molecule has 0 fully saturated rings. The quantitative estimate of drug-likeness (QED) is 0.196. The van der Waals surface area contributed by atoms with Gasteiger partial charge in [0, 0.05) is 35.6 Å². The van der Waals surface area contributed by atoms with Crippen molar-refractivity contribution >= 4 is 52.3 Å². The molecule has 1 nitrogen and oxygen atoms in total. The molecular formula is C39H29NS3. The van der Waals surface area contributed by atoms with E-state index in [1.54, 1.807) is 0 Å². The van der Waals surface area contributed by atoms with Crippen molar-refractivity contribution in [2.24, 2.45) is 0 Å². The van der Waals surface area contributed by atoms with Crippen molar-refractivity contribution in [2.45, 2.75) is 48.6 Å². The minimum Gasteiger partial charge on any atom is -0.308 e.